The van der Waals surface area contributed by atoms with Gasteiger partial charge in [-0.25, -0.2) is 0 Å². The van der Waals surface area contributed by atoms with Crippen LogP contribution in [0.15, 0.2) is 0 Å². The molecule has 2 nitrogen and oxygen atoms in total. The summed E-state index contributed by atoms with van der Waals surface area (Å²) in [5.74, 6) is 1.22. The molecule has 104 valence electrons. The maximum absolute atomic E-state index is 12.3. The van der Waals surface area contributed by atoms with Gasteiger partial charge in [0, 0.05) is 17.3 Å². The molecule has 2 fully saturated rings. The van der Waals surface area contributed by atoms with Gasteiger partial charge in [0.05, 0.1) is 0 Å². The quantitative estimate of drug-likeness (QED) is 0.787. The number of alkyl halides is 1. The van der Waals surface area contributed by atoms with E-state index in [1.165, 1.54) is 38.5 Å². The molecule has 0 bridgehead atoms. The maximum Gasteiger partial charge on any atom is 0.223 e. The van der Waals surface area contributed by atoms with Crippen LogP contribution in [0.4, 0.5) is 0 Å². The smallest absolute Gasteiger partial charge is 0.223 e. The Morgan fingerprint density at radius 2 is 2.06 bits per heavy atom. The number of amides is 1. The Morgan fingerprint density at radius 1 is 1.28 bits per heavy atom. The van der Waals surface area contributed by atoms with Crippen LogP contribution in [0.25, 0.3) is 0 Å². The summed E-state index contributed by atoms with van der Waals surface area (Å²) in [6, 6.07) is 0. The van der Waals surface area contributed by atoms with Crippen LogP contribution in [0.3, 0.4) is 0 Å². The SMILES string of the molecule is CC1(C)CCCCC1C(=O)NCC1CCC(Br)C1. The topological polar surface area (TPSA) is 29.1 Å². The highest BCUT2D eigenvalue weighted by atomic mass is 79.9. The predicted molar refractivity (Wildman–Crippen MR) is 78.8 cm³/mol. The molecular weight excluding hydrogens is 290 g/mol. The number of carbonyl (C=O) groups is 1. The number of nitrogens with one attached hydrogen (secondary N) is 1. The lowest BCUT2D eigenvalue weighted by atomic mass is 9.68. The number of halogens is 1. The number of carbonyl (C=O) groups excluding carboxylic acids is 1. The van der Waals surface area contributed by atoms with Gasteiger partial charge in [0.2, 0.25) is 5.91 Å². The van der Waals surface area contributed by atoms with E-state index in [2.05, 4.69) is 35.1 Å². The summed E-state index contributed by atoms with van der Waals surface area (Å²) >= 11 is 3.67. The molecule has 0 aromatic heterocycles. The molecule has 2 saturated carbocycles. The second-order valence-corrected chi connectivity index (χ2v) is 8.10. The van der Waals surface area contributed by atoms with E-state index in [9.17, 15) is 4.79 Å². The first-order valence-electron chi connectivity index (χ1n) is 7.41. The first-order chi connectivity index (χ1) is 8.49. The fourth-order valence-corrected chi connectivity index (χ4v) is 4.34. The van der Waals surface area contributed by atoms with Gasteiger partial charge in [-0.3, -0.25) is 4.79 Å². The minimum atomic E-state index is 0.190. The normalized spacial score (nSPS) is 35.4. The van der Waals surface area contributed by atoms with Gasteiger partial charge in [0.1, 0.15) is 0 Å². The fraction of sp³-hybridized carbons (Fsp3) is 0.933. The van der Waals surface area contributed by atoms with Crippen molar-refractivity contribution in [3.8, 4) is 0 Å². The summed E-state index contributed by atoms with van der Waals surface area (Å²) < 4.78 is 0. The first kappa shape index (κ1) is 14.4. The second kappa shape index (κ2) is 5.94. The van der Waals surface area contributed by atoms with Gasteiger partial charge in [0.25, 0.3) is 0 Å². The molecule has 2 aliphatic rings. The highest BCUT2D eigenvalue weighted by Gasteiger charge is 2.37. The van der Waals surface area contributed by atoms with Crippen LogP contribution in [-0.4, -0.2) is 17.3 Å². The van der Waals surface area contributed by atoms with E-state index in [0.29, 0.717) is 16.7 Å². The average molecular weight is 316 g/mol. The van der Waals surface area contributed by atoms with E-state index in [1.54, 1.807) is 0 Å². The molecule has 0 heterocycles. The molecular formula is C15H26BrNO. The van der Waals surface area contributed by atoms with Crippen molar-refractivity contribution in [1.29, 1.82) is 0 Å². The highest BCUT2D eigenvalue weighted by molar-refractivity contribution is 9.09. The van der Waals surface area contributed by atoms with Gasteiger partial charge in [0.15, 0.2) is 0 Å². The van der Waals surface area contributed by atoms with Gasteiger partial charge in [-0.15, -0.1) is 0 Å². The van der Waals surface area contributed by atoms with Gasteiger partial charge in [-0.05, 0) is 43.4 Å². The maximum atomic E-state index is 12.3. The summed E-state index contributed by atoms with van der Waals surface area (Å²) in [6.07, 6.45) is 8.50. The summed E-state index contributed by atoms with van der Waals surface area (Å²) in [4.78, 5) is 13.0. The molecule has 1 amide bonds. The van der Waals surface area contributed by atoms with E-state index in [1.807, 2.05) is 0 Å². The predicted octanol–water partition coefficient (Wildman–Crippen LogP) is 3.88. The standard InChI is InChI=1S/C15H26BrNO/c1-15(2)8-4-3-5-13(15)14(18)17-10-11-6-7-12(16)9-11/h11-13H,3-10H2,1-2H3,(H,17,18). The lowest BCUT2D eigenvalue weighted by Crippen LogP contribution is -2.42. The van der Waals surface area contributed by atoms with Gasteiger partial charge < -0.3 is 5.32 Å². The average Bonchev–Trinajstić information content (AvgIpc) is 2.71. The second-order valence-electron chi connectivity index (χ2n) is 6.81. The van der Waals surface area contributed by atoms with E-state index in [4.69, 9.17) is 0 Å². The van der Waals surface area contributed by atoms with Crippen LogP contribution >= 0.6 is 15.9 Å². The molecule has 3 heteroatoms. The van der Waals surface area contributed by atoms with E-state index >= 15 is 0 Å². The minimum Gasteiger partial charge on any atom is -0.356 e. The molecule has 18 heavy (non-hydrogen) atoms. The van der Waals surface area contributed by atoms with E-state index in [0.717, 1.165) is 13.0 Å². The third-order valence-electron chi connectivity index (χ3n) is 4.87. The van der Waals surface area contributed by atoms with E-state index < -0.39 is 0 Å². The summed E-state index contributed by atoms with van der Waals surface area (Å²) in [6.45, 7) is 5.38. The van der Waals surface area contributed by atoms with Crippen molar-refractivity contribution >= 4 is 21.8 Å². The Hall–Kier alpha value is -0.0500. The summed E-state index contributed by atoms with van der Waals surface area (Å²) in [5, 5.41) is 3.21. The summed E-state index contributed by atoms with van der Waals surface area (Å²) in [7, 11) is 0. The van der Waals surface area contributed by atoms with Gasteiger partial charge >= 0.3 is 0 Å². The van der Waals surface area contributed by atoms with Crippen LogP contribution in [0.2, 0.25) is 0 Å². The number of hydrogen-bond donors (Lipinski definition) is 1. The van der Waals surface area contributed by atoms with Crippen molar-refractivity contribution in [2.75, 3.05) is 6.54 Å². The number of rotatable bonds is 3. The largest absolute Gasteiger partial charge is 0.356 e. The highest BCUT2D eigenvalue weighted by Crippen LogP contribution is 2.40. The first-order valence-corrected chi connectivity index (χ1v) is 8.32. The Kier molecular flexibility index (Phi) is 4.74. The monoisotopic (exact) mass is 315 g/mol. The van der Waals surface area contributed by atoms with Crippen LogP contribution in [0.1, 0.15) is 58.8 Å². The minimum absolute atomic E-state index is 0.190. The molecule has 0 saturated heterocycles. The van der Waals surface area contributed by atoms with Crippen molar-refractivity contribution in [1.82, 2.24) is 5.32 Å². The third kappa shape index (κ3) is 3.49. The molecule has 0 aromatic rings. The molecule has 2 aliphatic carbocycles. The Morgan fingerprint density at radius 3 is 2.67 bits per heavy atom. The van der Waals surface area contributed by atoms with Crippen molar-refractivity contribution in [2.45, 2.75) is 63.6 Å². The molecule has 0 aliphatic heterocycles. The van der Waals surface area contributed by atoms with Crippen LogP contribution in [-0.2, 0) is 4.79 Å². The van der Waals surface area contributed by atoms with Crippen molar-refractivity contribution in [3.63, 3.8) is 0 Å². The summed E-state index contributed by atoms with van der Waals surface area (Å²) in [5.41, 5.74) is 0.190. The van der Waals surface area contributed by atoms with Crippen molar-refractivity contribution < 1.29 is 4.79 Å². The molecule has 1 N–H and O–H groups in total. The zero-order valence-electron chi connectivity index (χ0n) is 11.7. The molecule has 0 spiro atoms. The van der Waals surface area contributed by atoms with Gasteiger partial charge in [-0.2, -0.15) is 0 Å². The lowest BCUT2D eigenvalue weighted by Gasteiger charge is -2.37. The fourth-order valence-electron chi connectivity index (χ4n) is 3.55. The van der Waals surface area contributed by atoms with Gasteiger partial charge in [-0.1, -0.05) is 42.6 Å². The van der Waals surface area contributed by atoms with Crippen LogP contribution in [0.5, 0.6) is 0 Å². The molecule has 3 atom stereocenters. The van der Waals surface area contributed by atoms with Crippen LogP contribution in [0, 0.1) is 17.3 Å². The van der Waals surface area contributed by atoms with Crippen molar-refractivity contribution in [3.05, 3.63) is 0 Å². The lowest BCUT2D eigenvalue weighted by molar-refractivity contribution is -0.130. The molecule has 2 rings (SSSR count). The Balaban J connectivity index is 1.80. The Bertz CT molecular complexity index is 303. The van der Waals surface area contributed by atoms with E-state index in [-0.39, 0.29) is 11.3 Å². The Labute approximate surface area is 119 Å². The zero-order valence-corrected chi connectivity index (χ0v) is 13.3. The molecule has 0 radical (unpaired) electrons. The van der Waals surface area contributed by atoms with Crippen molar-refractivity contribution in [2.24, 2.45) is 17.3 Å². The molecule has 3 unspecified atom stereocenters. The molecule has 0 aromatic carbocycles. The number of hydrogen-bond acceptors (Lipinski definition) is 1. The third-order valence-corrected chi connectivity index (χ3v) is 5.70. The van der Waals surface area contributed by atoms with Crippen LogP contribution < -0.4 is 5.32 Å². The zero-order chi connectivity index (χ0) is 13.2.